The van der Waals surface area contributed by atoms with Crippen LogP contribution >= 0.6 is 0 Å². The van der Waals surface area contributed by atoms with Crippen molar-refractivity contribution >= 4 is 6.08 Å². The lowest BCUT2D eigenvalue weighted by Crippen LogP contribution is -1.98. The second-order valence-electron chi connectivity index (χ2n) is 4.07. The van der Waals surface area contributed by atoms with E-state index in [2.05, 4.69) is 24.3 Å². The molecular weight excluding hydrogens is 156 g/mol. The Hall–Kier alpha value is -1.04. The van der Waals surface area contributed by atoms with Gasteiger partial charge in [0.15, 0.2) is 0 Å². The first-order valence-electron chi connectivity index (χ1n) is 5.25. The van der Waals surface area contributed by atoms with E-state index in [0.717, 1.165) is 0 Å². The number of hydrogen-bond acceptors (Lipinski definition) is 0. The van der Waals surface area contributed by atoms with Crippen molar-refractivity contribution in [1.29, 1.82) is 0 Å². The van der Waals surface area contributed by atoms with Crippen LogP contribution in [0.25, 0.3) is 6.08 Å². The SMILES string of the molecule is C1=Cc2c(ccc3c2CCC3)CC1. The average molecular weight is 170 g/mol. The van der Waals surface area contributed by atoms with Crippen LogP contribution in [0.5, 0.6) is 0 Å². The molecule has 0 aliphatic heterocycles. The molecule has 66 valence electrons. The van der Waals surface area contributed by atoms with E-state index in [4.69, 9.17) is 0 Å². The van der Waals surface area contributed by atoms with E-state index < -0.39 is 0 Å². The highest BCUT2D eigenvalue weighted by Gasteiger charge is 2.16. The number of aryl methyl sites for hydroxylation is 2. The normalized spacial score (nSPS) is 18.5. The highest BCUT2D eigenvalue weighted by Crippen LogP contribution is 2.31. The Labute approximate surface area is 79.3 Å². The van der Waals surface area contributed by atoms with Crippen molar-refractivity contribution in [3.63, 3.8) is 0 Å². The molecule has 1 aromatic carbocycles. The topological polar surface area (TPSA) is 0 Å². The summed E-state index contributed by atoms with van der Waals surface area (Å²) in [5.41, 5.74) is 6.38. The molecule has 0 bridgehead atoms. The number of fused-ring (bicyclic) bond motifs is 3. The van der Waals surface area contributed by atoms with Crippen molar-refractivity contribution < 1.29 is 0 Å². The fourth-order valence-electron chi connectivity index (χ4n) is 2.61. The van der Waals surface area contributed by atoms with E-state index >= 15 is 0 Å². The van der Waals surface area contributed by atoms with Gasteiger partial charge in [-0.25, -0.2) is 0 Å². The quantitative estimate of drug-likeness (QED) is 0.561. The van der Waals surface area contributed by atoms with E-state index in [1.807, 2.05) is 0 Å². The molecule has 0 nitrogen and oxygen atoms in total. The summed E-state index contributed by atoms with van der Waals surface area (Å²) in [7, 11) is 0. The largest absolute Gasteiger partial charge is 0.0836 e. The molecule has 1 aromatic rings. The van der Waals surface area contributed by atoms with Gasteiger partial charge in [-0.15, -0.1) is 0 Å². The molecule has 3 rings (SSSR count). The summed E-state index contributed by atoms with van der Waals surface area (Å²) in [6.45, 7) is 0. The first-order chi connectivity index (χ1) is 6.45. The fourth-order valence-corrected chi connectivity index (χ4v) is 2.61. The zero-order chi connectivity index (χ0) is 8.67. The van der Waals surface area contributed by atoms with E-state index in [1.54, 1.807) is 22.3 Å². The summed E-state index contributed by atoms with van der Waals surface area (Å²) in [5, 5.41) is 0. The standard InChI is InChI=1S/C13H14/c1-2-6-12-10(4-1)8-9-11-5-3-7-13(11)12/h2,6,8-9H,1,3-5,7H2. The van der Waals surface area contributed by atoms with Gasteiger partial charge >= 0.3 is 0 Å². The van der Waals surface area contributed by atoms with Gasteiger partial charge in [-0.1, -0.05) is 24.3 Å². The molecule has 0 fully saturated rings. The molecule has 2 aliphatic rings. The first-order valence-corrected chi connectivity index (χ1v) is 5.25. The van der Waals surface area contributed by atoms with Crippen LogP contribution in [0.15, 0.2) is 18.2 Å². The highest BCUT2D eigenvalue weighted by atomic mass is 14.2. The van der Waals surface area contributed by atoms with Gasteiger partial charge in [-0.3, -0.25) is 0 Å². The molecule has 0 unspecified atom stereocenters. The third-order valence-electron chi connectivity index (χ3n) is 3.28. The van der Waals surface area contributed by atoms with Crippen LogP contribution in [0.3, 0.4) is 0 Å². The lowest BCUT2D eigenvalue weighted by atomic mass is 9.91. The minimum Gasteiger partial charge on any atom is -0.0836 e. The highest BCUT2D eigenvalue weighted by molar-refractivity contribution is 5.63. The van der Waals surface area contributed by atoms with Crippen LogP contribution in [0.2, 0.25) is 0 Å². The summed E-state index contributed by atoms with van der Waals surface area (Å²) in [4.78, 5) is 0. The van der Waals surface area contributed by atoms with Gasteiger partial charge in [0.05, 0.1) is 0 Å². The summed E-state index contributed by atoms with van der Waals surface area (Å²) < 4.78 is 0. The first kappa shape index (κ1) is 7.37. The van der Waals surface area contributed by atoms with Crippen molar-refractivity contribution in [2.75, 3.05) is 0 Å². The predicted octanol–water partition coefficient (Wildman–Crippen LogP) is 3.13. The molecule has 0 saturated heterocycles. The summed E-state index contributed by atoms with van der Waals surface area (Å²) in [6, 6.07) is 4.68. The molecule has 0 saturated carbocycles. The zero-order valence-corrected chi connectivity index (χ0v) is 7.84. The summed E-state index contributed by atoms with van der Waals surface area (Å²) in [5.74, 6) is 0. The van der Waals surface area contributed by atoms with E-state index in [9.17, 15) is 0 Å². The minimum atomic E-state index is 1.23. The fraction of sp³-hybridized carbons (Fsp3) is 0.385. The molecule has 0 heterocycles. The Kier molecular flexibility index (Phi) is 1.55. The van der Waals surface area contributed by atoms with Crippen molar-refractivity contribution in [3.8, 4) is 0 Å². The van der Waals surface area contributed by atoms with E-state index in [0.29, 0.717) is 0 Å². The van der Waals surface area contributed by atoms with Gasteiger partial charge in [0.1, 0.15) is 0 Å². The Balaban J connectivity index is 2.24. The number of allylic oxidation sites excluding steroid dienone is 1. The molecule has 0 amide bonds. The number of hydrogen-bond donors (Lipinski definition) is 0. The minimum absolute atomic E-state index is 1.23. The maximum atomic E-state index is 2.35. The Morgan fingerprint density at radius 1 is 0.923 bits per heavy atom. The molecule has 0 N–H and O–H groups in total. The van der Waals surface area contributed by atoms with Gasteiger partial charge in [0.2, 0.25) is 0 Å². The number of benzene rings is 1. The van der Waals surface area contributed by atoms with Crippen molar-refractivity contribution in [2.45, 2.75) is 32.1 Å². The Bertz CT molecular complexity index is 372. The molecule has 0 spiro atoms. The van der Waals surface area contributed by atoms with Gasteiger partial charge in [-0.2, -0.15) is 0 Å². The van der Waals surface area contributed by atoms with Crippen LogP contribution in [0.1, 0.15) is 35.1 Å². The van der Waals surface area contributed by atoms with Crippen LogP contribution in [0, 0.1) is 0 Å². The van der Waals surface area contributed by atoms with Crippen LogP contribution in [-0.2, 0) is 19.3 Å². The summed E-state index contributed by atoms with van der Waals surface area (Å²) >= 11 is 0. The predicted molar refractivity (Wildman–Crippen MR) is 55.8 cm³/mol. The Morgan fingerprint density at radius 3 is 2.85 bits per heavy atom. The van der Waals surface area contributed by atoms with Gasteiger partial charge in [0.25, 0.3) is 0 Å². The lowest BCUT2D eigenvalue weighted by Gasteiger charge is -2.14. The number of rotatable bonds is 0. The average Bonchev–Trinajstić information content (AvgIpc) is 2.65. The Morgan fingerprint density at radius 2 is 1.85 bits per heavy atom. The van der Waals surface area contributed by atoms with E-state index in [-0.39, 0.29) is 0 Å². The maximum absolute atomic E-state index is 2.35. The molecule has 2 aliphatic carbocycles. The summed E-state index contributed by atoms with van der Waals surface area (Å²) in [6.07, 6.45) is 11.1. The smallest absolute Gasteiger partial charge is 0.0193 e. The van der Waals surface area contributed by atoms with Crippen LogP contribution in [-0.4, -0.2) is 0 Å². The van der Waals surface area contributed by atoms with E-state index in [1.165, 1.54) is 32.1 Å². The second kappa shape index (κ2) is 2.73. The molecule has 0 heteroatoms. The van der Waals surface area contributed by atoms with Crippen molar-refractivity contribution in [3.05, 3.63) is 40.5 Å². The zero-order valence-electron chi connectivity index (χ0n) is 7.84. The van der Waals surface area contributed by atoms with Crippen LogP contribution in [0.4, 0.5) is 0 Å². The second-order valence-corrected chi connectivity index (χ2v) is 4.07. The van der Waals surface area contributed by atoms with Gasteiger partial charge < -0.3 is 0 Å². The van der Waals surface area contributed by atoms with Crippen molar-refractivity contribution in [1.82, 2.24) is 0 Å². The van der Waals surface area contributed by atoms with Gasteiger partial charge in [0, 0.05) is 0 Å². The molecule has 0 atom stereocenters. The lowest BCUT2D eigenvalue weighted by molar-refractivity contribution is 0.909. The molecular formula is C13H14. The molecule has 0 radical (unpaired) electrons. The maximum Gasteiger partial charge on any atom is -0.0193 e. The van der Waals surface area contributed by atoms with Crippen molar-refractivity contribution in [2.24, 2.45) is 0 Å². The monoisotopic (exact) mass is 170 g/mol. The molecule has 13 heavy (non-hydrogen) atoms. The van der Waals surface area contributed by atoms with Crippen LogP contribution < -0.4 is 0 Å². The molecule has 0 aromatic heterocycles. The third kappa shape index (κ3) is 1.05. The van der Waals surface area contributed by atoms with Gasteiger partial charge in [-0.05, 0) is 54.4 Å². The third-order valence-corrected chi connectivity index (χ3v) is 3.28.